The van der Waals surface area contributed by atoms with Gasteiger partial charge in [0.05, 0.1) is 23.8 Å². The predicted molar refractivity (Wildman–Crippen MR) is 96.2 cm³/mol. The largest absolute Gasteiger partial charge is 0.418 e. The van der Waals surface area contributed by atoms with E-state index in [1.807, 2.05) is 16.7 Å². The second-order valence-corrected chi connectivity index (χ2v) is 6.47. The number of hydrogen-bond donors (Lipinski definition) is 2. The summed E-state index contributed by atoms with van der Waals surface area (Å²) in [4.78, 5) is 28.0. The summed E-state index contributed by atoms with van der Waals surface area (Å²) in [5.41, 5.74) is -1.10. The summed E-state index contributed by atoms with van der Waals surface area (Å²) in [6, 6.07) is 4.36. The van der Waals surface area contributed by atoms with Crippen molar-refractivity contribution in [3.05, 3.63) is 29.8 Å². The Hall–Kier alpha value is -2.13. The van der Waals surface area contributed by atoms with E-state index in [0.29, 0.717) is 39.3 Å². The molecule has 1 aliphatic heterocycles. The number of nitrogens with one attached hydrogen (secondary N) is 2. The van der Waals surface area contributed by atoms with E-state index in [1.165, 1.54) is 18.2 Å². The number of alkyl halides is 3. The van der Waals surface area contributed by atoms with Crippen LogP contribution in [0.4, 0.5) is 18.9 Å². The maximum Gasteiger partial charge on any atom is 0.418 e. The highest BCUT2D eigenvalue weighted by Gasteiger charge is 2.34. The molecule has 150 valence electrons. The first-order valence-corrected chi connectivity index (χ1v) is 8.92. The zero-order valence-corrected chi connectivity index (χ0v) is 15.5. The minimum Gasteiger partial charge on any atom is -0.355 e. The Morgan fingerprint density at radius 3 is 2.37 bits per heavy atom. The Morgan fingerprint density at radius 1 is 1.15 bits per heavy atom. The van der Waals surface area contributed by atoms with Crippen LogP contribution in [0.1, 0.15) is 19.4 Å². The van der Waals surface area contributed by atoms with Gasteiger partial charge in [-0.05, 0) is 26.0 Å². The molecule has 1 heterocycles. The Morgan fingerprint density at radius 2 is 1.78 bits per heavy atom. The van der Waals surface area contributed by atoms with Gasteiger partial charge in [-0.1, -0.05) is 12.1 Å². The van der Waals surface area contributed by atoms with Crippen molar-refractivity contribution in [3.8, 4) is 0 Å². The van der Waals surface area contributed by atoms with Crippen LogP contribution >= 0.6 is 0 Å². The molecular weight excluding hydrogens is 361 g/mol. The van der Waals surface area contributed by atoms with Crippen molar-refractivity contribution in [2.24, 2.45) is 0 Å². The van der Waals surface area contributed by atoms with Gasteiger partial charge in [0.2, 0.25) is 11.8 Å². The quantitative estimate of drug-likeness (QED) is 0.783. The number of hydrogen-bond acceptors (Lipinski definition) is 4. The lowest BCUT2D eigenvalue weighted by Crippen LogP contribution is -2.54. The van der Waals surface area contributed by atoms with Crippen LogP contribution < -0.4 is 10.6 Å². The zero-order valence-electron chi connectivity index (χ0n) is 15.5. The summed E-state index contributed by atoms with van der Waals surface area (Å²) in [7, 11) is 0. The van der Waals surface area contributed by atoms with Crippen LogP contribution in [0.3, 0.4) is 0 Å². The number of carbonyl (C=O) groups is 2. The van der Waals surface area contributed by atoms with Crippen molar-refractivity contribution < 1.29 is 22.8 Å². The topological polar surface area (TPSA) is 64.7 Å². The van der Waals surface area contributed by atoms with E-state index in [9.17, 15) is 22.8 Å². The van der Waals surface area contributed by atoms with Crippen LogP contribution in [0.15, 0.2) is 24.3 Å². The van der Waals surface area contributed by atoms with Gasteiger partial charge in [0.1, 0.15) is 0 Å². The van der Waals surface area contributed by atoms with E-state index in [1.54, 1.807) is 6.92 Å². The van der Waals surface area contributed by atoms with Crippen LogP contribution in [-0.2, 0) is 15.8 Å². The molecule has 1 atom stereocenters. The molecule has 0 spiro atoms. The first-order valence-electron chi connectivity index (χ1n) is 8.92. The van der Waals surface area contributed by atoms with Gasteiger partial charge >= 0.3 is 6.18 Å². The van der Waals surface area contributed by atoms with Crippen molar-refractivity contribution in [1.82, 2.24) is 15.1 Å². The molecule has 1 saturated heterocycles. The molecule has 2 rings (SSSR count). The summed E-state index contributed by atoms with van der Waals surface area (Å²) < 4.78 is 39.2. The first-order chi connectivity index (χ1) is 12.7. The standard InChI is InChI=1S/C18H25F3N4O2/c1-3-22-16(26)12-24-8-10-25(11-9-24)13(2)17(27)23-15-7-5-4-6-14(15)18(19,20)21/h4-7,13H,3,8-12H2,1-2H3,(H,22,26)(H,23,27). The maximum absolute atomic E-state index is 13.1. The number of carbonyl (C=O) groups excluding carboxylic acids is 2. The fraction of sp³-hybridized carbons (Fsp3) is 0.556. The molecule has 1 aromatic carbocycles. The van der Waals surface area contributed by atoms with Crippen molar-refractivity contribution in [1.29, 1.82) is 0 Å². The minimum atomic E-state index is -4.53. The van der Waals surface area contributed by atoms with Gasteiger partial charge in [0.15, 0.2) is 0 Å². The fourth-order valence-corrected chi connectivity index (χ4v) is 3.01. The normalized spacial score (nSPS) is 17.4. The van der Waals surface area contributed by atoms with Crippen LogP contribution in [0.2, 0.25) is 0 Å². The molecule has 1 aliphatic rings. The molecular formula is C18H25F3N4O2. The average molecular weight is 386 g/mol. The summed E-state index contributed by atoms with van der Waals surface area (Å²) in [6.45, 7) is 6.78. The van der Waals surface area contributed by atoms with Gasteiger partial charge in [0, 0.05) is 32.7 Å². The molecule has 6 nitrogen and oxygen atoms in total. The molecule has 2 amide bonds. The molecule has 2 N–H and O–H groups in total. The summed E-state index contributed by atoms with van der Waals surface area (Å²) in [5.74, 6) is -0.524. The number of piperazine rings is 1. The number of benzene rings is 1. The summed E-state index contributed by atoms with van der Waals surface area (Å²) in [5, 5.41) is 5.14. The molecule has 0 aromatic heterocycles. The van der Waals surface area contributed by atoms with Crippen LogP contribution in [-0.4, -0.2) is 66.9 Å². The van der Waals surface area contributed by atoms with Crippen molar-refractivity contribution in [2.75, 3.05) is 44.6 Å². The number of likely N-dealkylation sites (N-methyl/N-ethyl adjacent to an activating group) is 1. The smallest absolute Gasteiger partial charge is 0.355 e. The van der Waals surface area contributed by atoms with Gasteiger partial charge in [-0.15, -0.1) is 0 Å². The van der Waals surface area contributed by atoms with E-state index in [4.69, 9.17) is 0 Å². The Bertz CT molecular complexity index is 658. The number of para-hydroxylation sites is 1. The number of rotatable bonds is 6. The lowest BCUT2D eigenvalue weighted by molar-refractivity contribution is -0.137. The third-order valence-corrected chi connectivity index (χ3v) is 4.57. The molecule has 0 radical (unpaired) electrons. The first kappa shape index (κ1) is 21.2. The summed E-state index contributed by atoms with van der Waals surface area (Å²) in [6.07, 6.45) is -4.53. The van der Waals surface area contributed by atoms with Crippen LogP contribution in [0.5, 0.6) is 0 Å². The number of nitrogens with zero attached hydrogens (tertiary/aromatic N) is 2. The summed E-state index contributed by atoms with van der Waals surface area (Å²) >= 11 is 0. The third-order valence-electron chi connectivity index (χ3n) is 4.57. The van der Waals surface area contributed by atoms with Gasteiger partial charge in [-0.3, -0.25) is 19.4 Å². The van der Waals surface area contributed by atoms with E-state index < -0.39 is 23.7 Å². The van der Waals surface area contributed by atoms with Crippen LogP contribution in [0.25, 0.3) is 0 Å². The van der Waals surface area contributed by atoms with E-state index in [0.717, 1.165) is 6.07 Å². The molecule has 1 aromatic rings. The zero-order chi connectivity index (χ0) is 20.0. The molecule has 9 heteroatoms. The van der Waals surface area contributed by atoms with Crippen LogP contribution in [0, 0.1) is 0 Å². The lowest BCUT2D eigenvalue weighted by Gasteiger charge is -2.37. The monoisotopic (exact) mass is 386 g/mol. The highest BCUT2D eigenvalue weighted by Crippen LogP contribution is 2.34. The molecule has 0 aliphatic carbocycles. The van der Waals surface area contributed by atoms with Gasteiger partial charge in [-0.25, -0.2) is 0 Å². The second-order valence-electron chi connectivity index (χ2n) is 6.47. The van der Waals surface area contributed by atoms with E-state index >= 15 is 0 Å². The van der Waals surface area contributed by atoms with E-state index in [2.05, 4.69) is 10.6 Å². The molecule has 27 heavy (non-hydrogen) atoms. The Balaban J connectivity index is 1.91. The Labute approximate surface area is 156 Å². The highest BCUT2D eigenvalue weighted by molar-refractivity contribution is 5.95. The number of anilines is 1. The highest BCUT2D eigenvalue weighted by atomic mass is 19.4. The predicted octanol–water partition coefficient (Wildman–Crippen LogP) is 1.79. The Kier molecular flexibility index (Phi) is 7.20. The number of amides is 2. The molecule has 1 unspecified atom stereocenters. The van der Waals surface area contributed by atoms with Crippen molar-refractivity contribution >= 4 is 17.5 Å². The molecule has 1 fully saturated rings. The minimum absolute atomic E-state index is 0.0412. The number of halogens is 3. The van der Waals surface area contributed by atoms with E-state index in [-0.39, 0.29) is 11.6 Å². The SMILES string of the molecule is CCNC(=O)CN1CCN(C(C)C(=O)Nc2ccccc2C(F)(F)F)CC1. The van der Waals surface area contributed by atoms with Gasteiger partial charge in [-0.2, -0.15) is 13.2 Å². The average Bonchev–Trinajstić information content (AvgIpc) is 2.61. The maximum atomic E-state index is 13.1. The second kappa shape index (κ2) is 9.18. The van der Waals surface area contributed by atoms with Crippen molar-refractivity contribution in [3.63, 3.8) is 0 Å². The van der Waals surface area contributed by atoms with Crippen molar-refractivity contribution in [2.45, 2.75) is 26.1 Å². The lowest BCUT2D eigenvalue weighted by atomic mass is 10.1. The van der Waals surface area contributed by atoms with Gasteiger partial charge < -0.3 is 10.6 Å². The molecule has 0 saturated carbocycles. The molecule has 0 bridgehead atoms. The van der Waals surface area contributed by atoms with Gasteiger partial charge in [0.25, 0.3) is 0 Å². The fourth-order valence-electron chi connectivity index (χ4n) is 3.01. The third kappa shape index (κ3) is 5.93.